The Kier molecular flexibility index (Phi) is 4.98. The summed E-state index contributed by atoms with van der Waals surface area (Å²) in [5, 5.41) is 4.24. The van der Waals surface area contributed by atoms with Gasteiger partial charge in [-0.25, -0.2) is 9.78 Å². The van der Waals surface area contributed by atoms with Gasteiger partial charge in [-0.05, 0) is 56.2 Å². The number of nitrogens with one attached hydrogen (secondary N) is 1. The van der Waals surface area contributed by atoms with Crippen molar-refractivity contribution in [3.05, 3.63) is 58.9 Å². The summed E-state index contributed by atoms with van der Waals surface area (Å²) in [6, 6.07) is 7.93. The molecule has 2 saturated carbocycles. The number of halogens is 1. The number of hydrogen-bond donors (Lipinski definition) is 1. The number of nitrogens with zero attached hydrogens (tertiary/aromatic N) is 7. The van der Waals surface area contributed by atoms with Crippen molar-refractivity contribution >= 4 is 29.5 Å². The largest absolute Gasteiger partial charge is 0.343 e. The predicted molar refractivity (Wildman–Crippen MR) is 129 cm³/mol. The van der Waals surface area contributed by atoms with Crippen LogP contribution in [0.4, 0.5) is 16.7 Å². The van der Waals surface area contributed by atoms with E-state index in [0.717, 1.165) is 48.5 Å². The molecule has 9 nitrogen and oxygen atoms in total. The number of anilines is 2. The van der Waals surface area contributed by atoms with Crippen LogP contribution in [0.25, 0.3) is 0 Å². The first-order chi connectivity index (χ1) is 16.4. The summed E-state index contributed by atoms with van der Waals surface area (Å²) in [4.78, 5) is 34.8. The first-order valence-electron chi connectivity index (χ1n) is 11.7. The lowest BCUT2D eigenvalue weighted by Gasteiger charge is -2.22. The van der Waals surface area contributed by atoms with Crippen LogP contribution in [-0.2, 0) is 12.1 Å². The maximum absolute atomic E-state index is 12.9. The zero-order valence-corrected chi connectivity index (χ0v) is 20.0. The van der Waals surface area contributed by atoms with E-state index in [-0.39, 0.29) is 17.6 Å². The smallest absolute Gasteiger partial charge is 0.327 e. The molecule has 2 amide bonds. The predicted octanol–water partition coefficient (Wildman–Crippen LogP) is 3.83. The Morgan fingerprint density at radius 1 is 1.15 bits per heavy atom. The van der Waals surface area contributed by atoms with E-state index in [4.69, 9.17) is 16.6 Å². The molecule has 1 saturated heterocycles. The Morgan fingerprint density at radius 2 is 1.91 bits per heavy atom. The molecule has 1 unspecified atom stereocenters. The average Bonchev–Trinajstić information content (AvgIpc) is 3.72. The molecule has 176 valence electrons. The summed E-state index contributed by atoms with van der Waals surface area (Å²) in [7, 11) is 1.84. The number of aromatic nitrogens is 5. The summed E-state index contributed by atoms with van der Waals surface area (Å²) >= 11 is 6.00. The minimum atomic E-state index is -0.294. The van der Waals surface area contributed by atoms with Gasteiger partial charge in [0.05, 0.1) is 23.6 Å². The van der Waals surface area contributed by atoms with Gasteiger partial charge in [-0.1, -0.05) is 23.7 Å². The molecule has 0 spiro atoms. The van der Waals surface area contributed by atoms with E-state index in [1.54, 1.807) is 9.80 Å². The maximum Gasteiger partial charge on any atom is 0.327 e. The van der Waals surface area contributed by atoms with Gasteiger partial charge in [0.15, 0.2) is 0 Å². The number of urea groups is 1. The highest BCUT2D eigenvalue weighted by molar-refractivity contribution is 6.30. The van der Waals surface area contributed by atoms with Gasteiger partial charge in [-0.2, -0.15) is 15.0 Å². The minimum Gasteiger partial charge on any atom is -0.343 e. The van der Waals surface area contributed by atoms with Gasteiger partial charge in [0.1, 0.15) is 5.82 Å². The number of hydrogen-bond acceptors (Lipinski definition) is 6. The second-order valence-corrected chi connectivity index (χ2v) is 10.1. The van der Waals surface area contributed by atoms with Crippen LogP contribution in [0.3, 0.4) is 0 Å². The molecule has 3 fully saturated rings. The van der Waals surface area contributed by atoms with Crippen molar-refractivity contribution in [3.8, 4) is 0 Å². The molecular weight excluding hydrogens is 452 g/mol. The monoisotopic (exact) mass is 478 g/mol. The van der Waals surface area contributed by atoms with Crippen molar-refractivity contribution in [2.24, 2.45) is 5.92 Å². The van der Waals surface area contributed by atoms with Crippen molar-refractivity contribution in [1.82, 2.24) is 29.4 Å². The topological polar surface area (TPSA) is 92.1 Å². The number of likely N-dealkylation sites (N-methyl/N-ethyl adjacent to an activating group) is 1. The molecule has 0 bridgehead atoms. The van der Waals surface area contributed by atoms with Crippen LogP contribution < -0.4 is 10.2 Å². The number of carbonyl (C=O) groups excluding carboxylic acids is 1. The van der Waals surface area contributed by atoms with E-state index >= 15 is 0 Å². The Hall–Kier alpha value is -3.20. The zero-order chi connectivity index (χ0) is 23.4. The van der Waals surface area contributed by atoms with Gasteiger partial charge in [0.2, 0.25) is 11.9 Å². The van der Waals surface area contributed by atoms with Crippen LogP contribution in [0, 0.1) is 12.8 Å². The molecule has 2 aliphatic carbocycles. The molecule has 6 rings (SSSR count). The number of rotatable bonds is 7. The summed E-state index contributed by atoms with van der Waals surface area (Å²) in [6.07, 6.45) is 8.13. The lowest BCUT2D eigenvalue weighted by molar-refractivity contribution is 0.229. The number of carbonyl (C=O) groups is 1. The highest BCUT2D eigenvalue weighted by Crippen LogP contribution is 2.47. The van der Waals surface area contributed by atoms with E-state index < -0.39 is 0 Å². The van der Waals surface area contributed by atoms with E-state index in [1.807, 2.05) is 44.6 Å². The molecule has 3 heterocycles. The van der Waals surface area contributed by atoms with Gasteiger partial charge in [-0.3, -0.25) is 4.90 Å². The quantitative estimate of drug-likeness (QED) is 0.554. The number of amides is 2. The zero-order valence-electron chi connectivity index (χ0n) is 19.3. The third-order valence-electron chi connectivity index (χ3n) is 6.95. The first kappa shape index (κ1) is 21.3. The van der Waals surface area contributed by atoms with Gasteiger partial charge < -0.3 is 14.8 Å². The first-order valence-corrected chi connectivity index (χ1v) is 12.1. The molecule has 1 aliphatic heterocycles. The minimum absolute atomic E-state index is 0.0458. The van der Waals surface area contributed by atoms with Crippen LogP contribution in [0.5, 0.6) is 0 Å². The Balaban J connectivity index is 1.22. The molecule has 0 radical (unpaired) electrons. The summed E-state index contributed by atoms with van der Waals surface area (Å²) in [6.45, 7) is 3.28. The number of benzene rings is 1. The molecule has 1 atom stereocenters. The van der Waals surface area contributed by atoms with Crippen molar-refractivity contribution < 1.29 is 4.79 Å². The summed E-state index contributed by atoms with van der Waals surface area (Å²) < 4.78 is 2.07. The molecule has 3 aromatic rings. The van der Waals surface area contributed by atoms with Crippen LogP contribution in [0.2, 0.25) is 5.02 Å². The lowest BCUT2D eigenvalue weighted by atomic mass is 10.2. The number of aryl methyl sites for hydroxylation is 1. The Morgan fingerprint density at radius 3 is 2.62 bits per heavy atom. The van der Waals surface area contributed by atoms with Crippen LogP contribution >= 0.6 is 11.6 Å². The van der Waals surface area contributed by atoms with Crippen molar-refractivity contribution in [1.29, 1.82) is 0 Å². The van der Waals surface area contributed by atoms with Crippen molar-refractivity contribution in [2.75, 3.05) is 23.8 Å². The summed E-state index contributed by atoms with van der Waals surface area (Å²) in [5.74, 6) is 2.05. The fourth-order valence-corrected chi connectivity index (χ4v) is 4.88. The third-order valence-corrected chi connectivity index (χ3v) is 7.20. The van der Waals surface area contributed by atoms with Crippen molar-refractivity contribution in [3.63, 3.8) is 0 Å². The third kappa shape index (κ3) is 3.98. The van der Waals surface area contributed by atoms with Gasteiger partial charge >= 0.3 is 6.03 Å². The van der Waals surface area contributed by atoms with Crippen LogP contribution in [0.1, 0.15) is 42.8 Å². The second kappa shape index (κ2) is 7.94. The fraction of sp³-hybridized carbons (Fsp3) is 0.458. The SMILES string of the molecule is Cc1nc(NC2(c3cn(Cc4ccc(Cl)cc4)cn3)CC2)nc(N2C(=O)N(C)CC2C2CC2)n1. The molecule has 1 N–H and O–H groups in total. The van der Waals surface area contributed by atoms with Crippen molar-refractivity contribution in [2.45, 2.75) is 50.7 Å². The Bertz CT molecular complexity index is 1230. The van der Waals surface area contributed by atoms with Gasteiger partial charge in [0.25, 0.3) is 0 Å². The normalized spacial score (nSPS) is 21.3. The van der Waals surface area contributed by atoms with Crippen LogP contribution in [-0.4, -0.2) is 55.1 Å². The highest BCUT2D eigenvalue weighted by Gasteiger charge is 2.48. The van der Waals surface area contributed by atoms with Gasteiger partial charge in [-0.15, -0.1) is 0 Å². The fourth-order valence-electron chi connectivity index (χ4n) is 4.75. The van der Waals surface area contributed by atoms with E-state index in [2.05, 4.69) is 31.0 Å². The van der Waals surface area contributed by atoms with E-state index in [0.29, 0.717) is 30.2 Å². The molecule has 2 aromatic heterocycles. The highest BCUT2D eigenvalue weighted by atomic mass is 35.5. The number of imidazole rings is 1. The second-order valence-electron chi connectivity index (χ2n) is 9.71. The standard InChI is InChI=1S/C24H27ClN8O/c1-15-27-21(29-22(28-15)33-19(17-5-6-17)12-31(2)23(33)34)30-24(9-10-24)20-13-32(14-26-20)11-16-3-7-18(25)8-4-16/h3-4,7-8,13-14,17,19H,5-6,9-12H2,1-2H3,(H,27,28,29,30). The van der Waals surface area contributed by atoms with Crippen LogP contribution in [0.15, 0.2) is 36.8 Å². The van der Waals surface area contributed by atoms with E-state index in [1.165, 1.54) is 0 Å². The molecule has 10 heteroatoms. The summed E-state index contributed by atoms with van der Waals surface area (Å²) in [5.41, 5.74) is 1.83. The van der Waals surface area contributed by atoms with Gasteiger partial charge in [0, 0.05) is 31.4 Å². The maximum atomic E-state index is 12.9. The lowest BCUT2D eigenvalue weighted by Crippen LogP contribution is -2.37. The Labute approximate surface area is 203 Å². The van der Waals surface area contributed by atoms with E-state index in [9.17, 15) is 4.79 Å². The average molecular weight is 479 g/mol. The molecular formula is C24H27ClN8O. The molecule has 1 aromatic carbocycles. The molecule has 3 aliphatic rings. The molecule has 34 heavy (non-hydrogen) atoms.